The van der Waals surface area contributed by atoms with E-state index < -0.39 is 0 Å². The second kappa shape index (κ2) is 5.38. The maximum Gasteiger partial charge on any atom is 0.138 e. The molecule has 0 bridgehead atoms. The summed E-state index contributed by atoms with van der Waals surface area (Å²) in [5, 5.41) is 3.91. The van der Waals surface area contributed by atoms with Crippen LogP contribution in [0.2, 0.25) is 5.02 Å². The Kier molecular flexibility index (Phi) is 4.43. The summed E-state index contributed by atoms with van der Waals surface area (Å²) in [7, 11) is 0. The molecule has 0 aliphatic carbocycles. The largest absolute Gasteiger partial charge is 0.485 e. The molecule has 1 rings (SSSR count). The number of benzene rings is 1. The molecule has 3 heteroatoms. The average molecular weight is 228 g/mol. The van der Waals surface area contributed by atoms with E-state index in [0.29, 0.717) is 5.02 Å². The van der Waals surface area contributed by atoms with Gasteiger partial charge in [0.1, 0.15) is 11.4 Å². The van der Waals surface area contributed by atoms with E-state index in [1.165, 1.54) is 0 Å². The van der Waals surface area contributed by atoms with Gasteiger partial charge >= 0.3 is 0 Å². The van der Waals surface area contributed by atoms with Crippen LogP contribution in [0.15, 0.2) is 24.3 Å². The van der Waals surface area contributed by atoms with Crippen LogP contribution in [-0.4, -0.2) is 18.7 Å². The molecule has 0 aliphatic rings. The van der Waals surface area contributed by atoms with Crippen molar-refractivity contribution in [3.05, 3.63) is 29.3 Å². The van der Waals surface area contributed by atoms with Gasteiger partial charge in [-0.15, -0.1) is 0 Å². The van der Waals surface area contributed by atoms with Crippen LogP contribution in [0.1, 0.15) is 20.8 Å². The summed E-state index contributed by atoms with van der Waals surface area (Å²) >= 11 is 6.02. The van der Waals surface area contributed by atoms with Gasteiger partial charge in [-0.1, -0.05) is 30.7 Å². The van der Waals surface area contributed by atoms with E-state index in [1.807, 2.05) is 38.1 Å². The molecule has 1 N–H and O–H groups in total. The highest BCUT2D eigenvalue weighted by molar-refractivity contribution is 6.32. The molecule has 0 aliphatic heterocycles. The summed E-state index contributed by atoms with van der Waals surface area (Å²) in [4.78, 5) is 0. The van der Waals surface area contributed by atoms with Crippen LogP contribution in [0.5, 0.6) is 5.75 Å². The first-order chi connectivity index (χ1) is 7.05. The Morgan fingerprint density at radius 3 is 2.60 bits per heavy atom. The van der Waals surface area contributed by atoms with Crippen molar-refractivity contribution >= 4 is 11.6 Å². The lowest BCUT2D eigenvalue weighted by atomic mass is 10.1. The first-order valence-electron chi connectivity index (χ1n) is 5.19. The number of rotatable bonds is 5. The topological polar surface area (TPSA) is 21.3 Å². The zero-order valence-corrected chi connectivity index (χ0v) is 10.3. The van der Waals surface area contributed by atoms with Gasteiger partial charge in [-0.25, -0.2) is 0 Å². The number of halogens is 1. The van der Waals surface area contributed by atoms with Crippen LogP contribution in [0, 0.1) is 0 Å². The van der Waals surface area contributed by atoms with Crippen molar-refractivity contribution in [1.29, 1.82) is 0 Å². The maximum atomic E-state index is 6.02. The van der Waals surface area contributed by atoms with E-state index in [4.69, 9.17) is 16.3 Å². The summed E-state index contributed by atoms with van der Waals surface area (Å²) in [6.07, 6.45) is 0. The van der Waals surface area contributed by atoms with Gasteiger partial charge in [0.2, 0.25) is 0 Å². The first-order valence-corrected chi connectivity index (χ1v) is 5.57. The fourth-order valence-electron chi connectivity index (χ4n) is 1.29. The quantitative estimate of drug-likeness (QED) is 0.835. The lowest BCUT2D eigenvalue weighted by Crippen LogP contribution is -2.40. The number of hydrogen-bond acceptors (Lipinski definition) is 2. The summed E-state index contributed by atoms with van der Waals surface area (Å²) in [5.41, 5.74) is -0.249. The van der Waals surface area contributed by atoms with Crippen LogP contribution >= 0.6 is 11.6 Å². The van der Waals surface area contributed by atoms with Crippen LogP contribution in [-0.2, 0) is 0 Å². The maximum absolute atomic E-state index is 6.02. The lowest BCUT2D eigenvalue weighted by molar-refractivity contribution is 0.109. The highest BCUT2D eigenvalue weighted by Gasteiger charge is 2.19. The molecule has 84 valence electrons. The van der Waals surface area contributed by atoms with Crippen molar-refractivity contribution in [2.24, 2.45) is 0 Å². The second-order valence-corrected chi connectivity index (χ2v) is 4.48. The van der Waals surface area contributed by atoms with Gasteiger partial charge in [0.25, 0.3) is 0 Å². The van der Waals surface area contributed by atoms with Gasteiger partial charge in [0.15, 0.2) is 0 Å². The number of likely N-dealkylation sites (N-methyl/N-ethyl adjacent to an activating group) is 1. The summed E-state index contributed by atoms with van der Waals surface area (Å²) < 4.78 is 5.84. The summed E-state index contributed by atoms with van der Waals surface area (Å²) in [5.74, 6) is 0.738. The predicted molar refractivity (Wildman–Crippen MR) is 64.7 cm³/mol. The molecule has 0 saturated carbocycles. The Morgan fingerprint density at radius 2 is 2.00 bits per heavy atom. The van der Waals surface area contributed by atoms with Gasteiger partial charge in [-0.3, -0.25) is 0 Å². The van der Waals surface area contributed by atoms with Crippen LogP contribution < -0.4 is 10.1 Å². The lowest BCUT2D eigenvalue weighted by Gasteiger charge is -2.27. The SMILES string of the molecule is CCNCC(C)(C)Oc1ccccc1Cl. The highest BCUT2D eigenvalue weighted by atomic mass is 35.5. The normalized spacial score (nSPS) is 11.5. The Morgan fingerprint density at radius 1 is 1.33 bits per heavy atom. The van der Waals surface area contributed by atoms with E-state index in [-0.39, 0.29) is 5.60 Å². The van der Waals surface area contributed by atoms with Crippen molar-refractivity contribution in [2.45, 2.75) is 26.4 Å². The minimum absolute atomic E-state index is 0.249. The number of hydrogen-bond donors (Lipinski definition) is 1. The third-order valence-corrected chi connectivity index (χ3v) is 2.34. The average Bonchev–Trinajstić information content (AvgIpc) is 2.18. The molecule has 0 heterocycles. The number of ether oxygens (including phenoxy) is 1. The second-order valence-electron chi connectivity index (χ2n) is 4.07. The third-order valence-electron chi connectivity index (χ3n) is 2.02. The van der Waals surface area contributed by atoms with Crippen molar-refractivity contribution in [3.8, 4) is 5.75 Å². The molecule has 2 nitrogen and oxygen atoms in total. The molecule has 0 radical (unpaired) electrons. The van der Waals surface area contributed by atoms with E-state index in [9.17, 15) is 0 Å². The van der Waals surface area contributed by atoms with E-state index in [0.717, 1.165) is 18.8 Å². The standard InChI is InChI=1S/C12H18ClNO/c1-4-14-9-12(2,3)15-11-8-6-5-7-10(11)13/h5-8,14H,4,9H2,1-3H3. The Balaban J connectivity index is 2.64. The van der Waals surface area contributed by atoms with E-state index in [2.05, 4.69) is 12.2 Å². The van der Waals surface area contributed by atoms with Gasteiger partial charge < -0.3 is 10.1 Å². The molecule has 0 amide bonds. The van der Waals surface area contributed by atoms with Crippen molar-refractivity contribution in [1.82, 2.24) is 5.32 Å². The zero-order valence-electron chi connectivity index (χ0n) is 9.51. The summed E-state index contributed by atoms with van der Waals surface area (Å²) in [6, 6.07) is 7.53. The number of nitrogens with one attached hydrogen (secondary N) is 1. The summed E-state index contributed by atoms with van der Waals surface area (Å²) in [6.45, 7) is 7.90. The molecule has 0 unspecified atom stereocenters. The minimum atomic E-state index is -0.249. The fraction of sp³-hybridized carbons (Fsp3) is 0.500. The zero-order chi connectivity index (χ0) is 11.3. The molecule has 1 aromatic rings. The molecule has 0 saturated heterocycles. The van der Waals surface area contributed by atoms with Gasteiger partial charge in [-0.2, -0.15) is 0 Å². The Hall–Kier alpha value is -0.730. The van der Waals surface area contributed by atoms with Crippen molar-refractivity contribution < 1.29 is 4.74 Å². The number of para-hydroxylation sites is 1. The molecule has 15 heavy (non-hydrogen) atoms. The predicted octanol–water partition coefficient (Wildman–Crippen LogP) is 3.11. The van der Waals surface area contributed by atoms with Crippen molar-refractivity contribution in [3.63, 3.8) is 0 Å². The van der Waals surface area contributed by atoms with Gasteiger partial charge in [0.05, 0.1) is 5.02 Å². The molecule has 0 atom stereocenters. The van der Waals surface area contributed by atoms with Crippen LogP contribution in [0.4, 0.5) is 0 Å². The minimum Gasteiger partial charge on any atom is -0.485 e. The Labute approximate surface area is 96.6 Å². The molecule has 0 aromatic heterocycles. The van der Waals surface area contributed by atoms with E-state index in [1.54, 1.807) is 0 Å². The van der Waals surface area contributed by atoms with Gasteiger partial charge in [-0.05, 0) is 32.5 Å². The monoisotopic (exact) mass is 227 g/mol. The first kappa shape index (κ1) is 12.3. The van der Waals surface area contributed by atoms with E-state index >= 15 is 0 Å². The molecule has 1 aromatic carbocycles. The van der Waals surface area contributed by atoms with Crippen molar-refractivity contribution in [2.75, 3.05) is 13.1 Å². The molecule has 0 fully saturated rings. The smallest absolute Gasteiger partial charge is 0.138 e. The van der Waals surface area contributed by atoms with Crippen LogP contribution in [0.25, 0.3) is 0 Å². The molecular weight excluding hydrogens is 210 g/mol. The highest BCUT2D eigenvalue weighted by Crippen LogP contribution is 2.26. The van der Waals surface area contributed by atoms with Gasteiger partial charge in [0, 0.05) is 6.54 Å². The fourth-order valence-corrected chi connectivity index (χ4v) is 1.46. The third kappa shape index (κ3) is 4.10. The Bertz CT molecular complexity index is 312. The molecule has 0 spiro atoms. The van der Waals surface area contributed by atoms with Crippen LogP contribution in [0.3, 0.4) is 0 Å². The molecular formula is C12H18ClNO.